The highest BCUT2D eigenvalue weighted by atomic mass is 15.1. The summed E-state index contributed by atoms with van der Waals surface area (Å²) in [6, 6.07) is 61.6. The summed E-state index contributed by atoms with van der Waals surface area (Å²) in [5, 5.41) is 20.6. The second-order valence-corrected chi connectivity index (χ2v) is 18.0. The van der Waals surface area contributed by atoms with Crippen LogP contribution in [0.2, 0.25) is 0 Å². The predicted octanol–water partition coefficient (Wildman–Crippen LogP) is 14.3. The number of pyridine rings is 5. The molecule has 0 bridgehead atoms. The van der Waals surface area contributed by atoms with Crippen LogP contribution in [-0.2, 0) is 0 Å². The van der Waals surface area contributed by atoms with Gasteiger partial charge in [0.1, 0.15) is 11.6 Å². The zero-order chi connectivity index (χ0) is 47.4. The van der Waals surface area contributed by atoms with Gasteiger partial charge in [0.15, 0.2) is 0 Å². The molecule has 72 heavy (non-hydrogen) atoms. The zero-order valence-electron chi connectivity index (χ0n) is 38.3. The maximum Gasteiger partial charge on any atom is 0.104 e. The van der Waals surface area contributed by atoms with Gasteiger partial charge in [0.05, 0.1) is 83.8 Å². The number of fused-ring (bicyclic) bond motifs is 12. The Kier molecular flexibility index (Phi) is 8.49. The fourth-order valence-electron chi connectivity index (χ4n) is 11.5. The summed E-state index contributed by atoms with van der Waals surface area (Å²) in [5.74, 6) is 0. The second kappa shape index (κ2) is 15.4. The number of benzene rings is 6. The number of nitrogens with zero attached hydrogens (tertiary/aromatic N) is 10. The normalized spacial score (nSPS) is 11.9. The number of hydrogen-bond donors (Lipinski definition) is 0. The van der Waals surface area contributed by atoms with Crippen LogP contribution in [0.5, 0.6) is 0 Å². The van der Waals surface area contributed by atoms with Gasteiger partial charge in [0, 0.05) is 98.2 Å². The first-order chi connectivity index (χ1) is 35.8. The topological polar surface area (TPSA) is 108 Å². The first-order valence-corrected chi connectivity index (χ1v) is 23.8. The molecular formula is C62H36N10. The average Bonchev–Trinajstić information content (AvgIpc) is 4.18. The molecule has 10 nitrogen and oxygen atoms in total. The van der Waals surface area contributed by atoms with Crippen LogP contribution in [0, 0.1) is 11.3 Å². The van der Waals surface area contributed by atoms with E-state index in [1.54, 1.807) is 0 Å². The van der Waals surface area contributed by atoms with Gasteiger partial charge in [0.2, 0.25) is 0 Å². The van der Waals surface area contributed by atoms with Crippen LogP contribution in [-0.4, -0.2) is 43.2 Å². The van der Waals surface area contributed by atoms with E-state index in [-0.39, 0.29) is 0 Å². The minimum atomic E-state index is 0.442. The minimum absolute atomic E-state index is 0.442. The van der Waals surface area contributed by atoms with E-state index in [1.807, 2.05) is 67.8 Å². The average molecular weight is 921 g/mol. The van der Waals surface area contributed by atoms with Crippen LogP contribution in [0.4, 0.5) is 0 Å². The molecule has 10 heteroatoms. The van der Waals surface area contributed by atoms with Crippen LogP contribution in [0.15, 0.2) is 219 Å². The lowest BCUT2D eigenvalue weighted by atomic mass is 9.95. The third-order valence-corrected chi connectivity index (χ3v) is 14.4. The number of nitriles is 1. The van der Waals surface area contributed by atoms with Gasteiger partial charge in [-0.1, -0.05) is 109 Å². The number of hydrogen-bond acceptors (Lipinski definition) is 6. The molecule has 15 aromatic rings. The highest BCUT2D eigenvalue weighted by molar-refractivity contribution is 6.16. The number of aromatic nitrogens is 9. The molecule has 0 saturated heterocycles. The third-order valence-electron chi connectivity index (χ3n) is 14.4. The smallest absolute Gasteiger partial charge is 0.104 e. The molecule has 9 aromatic heterocycles. The van der Waals surface area contributed by atoms with Crippen LogP contribution in [0.25, 0.3) is 132 Å². The van der Waals surface area contributed by atoms with Crippen molar-refractivity contribution in [1.82, 2.24) is 43.2 Å². The Labute approximate surface area is 410 Å². The van der Waals surface area contributed by atoms with Gasteiger partial charge in [-0.05, 0) is 60.7 Å². The van der Waals surface area contributed by atoms with E-state index >= 15 is 0 Å². The Balaban J connectivity index is 1.31. The van der Waals surface area contributed by atoms with Crippen molar-refractivity contribution in [3.05, 3.63) is 225 Å². The van der Waals surface area contributed by atoms with Gasteiger partial charge in [0.25, 0.3) is 0 Å². The molecule has 334 valence electrons. The fraction of sp³-hybridized carbons (Fsp3) is 0. The summed E-state index contributed by atoms with van der Waals surface area (Å²) in [6.45, 7) is 0. The first kappa shape index (κ1) is 39.7. The maximum atomic E-state index is 12.6. The van der Waals surface area contributed by atoms with Gasteiger partial charge >= 0.3 is 0 Å². The minimum Gasteiger partial charge on any atom is -0.307 e. The molecule has 0 unspecified atom stereocenters. The summed E-state index contributed by atoms with van der Waals surface area (Å²) in [4.78, 5) is 24.5. The highest BCUT2D eigenvalue weighted by Gasteiger charge is 2.35. The van der Waals surface area contributed by atoms with Crippen molar-refractivity contribution in [2.75, 3.05) is 0 Å². The molecule has 0 saturated carbocycles. The lowest BCUT2D eigenvalue weighted by Crippen LogP contribution is -2.16. The lowest BCUT2D eigenvalue weighted by Gasteiger charge is -2.29. The lowest BCUT2D eigenvalue weighted by molar-refractivity contribution is 1.03. The predicted molar refractivity (Wildman–Crippen MR) is 288 cm³/mol. The molecule has 0 spiro atoms. The Bertz CT molecular complexity index is 4570. The Morgan fingerprint density at radius 2 is 0.667 bits per heavy atom. The van der Waals surface area contributed by atoms with E-state index in [0.717, 1.165) is 115 Å². The van der Waals surface area contributed by atoms with E-state index in [1.165, 1.54) is 0 Å². The quantitative estimate of drug-likeness (QED) is 0.164. The standard InChI is InChI=1S/C62H36N10/c63-33-43-59(69-50-21-8-4-15-39(50)44-34-64-29-25-54(44)69)58(49-20-12-19-48(68-49)38-13-2-1-3-14-38)61(71-52-23-10-6-17-41(52)46-36-66-31-27-56(46)71)62(72-53-24-11-7-18-42(53)47-37-67-32-28-57(47)72)60(43)70-51-22-9-5-16-40(51)45-35-65-30-26-55(45)70/h1-32,34-37H. The number of rotatable bonds is 6. The van der Waals surface area contributed by atoms with Gasteiger partial charge in [-0.15, -0.1) is 0 Å². The molecule has 0 aliphatic heterocycles. The van der Waals surface area contributed by atoms with Gasteiger partial charge in [-0.25, -0.2) is 4.98 Å². The Hall–Kier alpha value is -10.2. The van der Waals surface area contributed by atoms with Crippen LogP contribution in [0.3, 0.4) is 0 Å². The Morgan fingerprint density at radius 3 is 1.11 bits per heavy atom. The molecule has 0 aliphatic rings. The van der Waals surface area contributed by atoms with Crippen molar-refractivity contribution < 1.29 is 0 Å². The molecule has 0 atom stereocenters. The zero-order valence-corrected chi connectivity index (χ0v) is 38.3. The van der Waals surface area contributed by atoms with E-state index in [4.69, 9.17) is 15.0 Å². The SMILES string of the molecule is N#Cc1c(-n2c3ccccc3c3cnccc32)c(-c2cccc(-c3ccccc3)n2)c(-n2c3ccccc3c3cnccc32)c(-n2c3ccccc3c3cnccc32)c1-n1c2ccccc2c2cnccc21. The third kappa shape index (κ3) is 5.50. The van der Waals surface area contributed by atoms with Crippen molar-refractivity contribution in [3.8, 4) is 51.3 Å². The van der Waals surface area contributed by atoms with Crippen LogP contribution in [0.1, 0.15) is 5.56 Å². The molecule has 15 rings (SSSR count). The van der Waals surface area contributed by atoms with Crippen molar-refractivity contribution in [3.63, 3.8) is 0 Å². The Morgan fingerprint density at radius 1 is 0.306 bits per heavy atom. The molecule has 0 radical (unpaired) electrons. The summed E-state index contributed by atoms with van der Waals surface area (Å²) in [5.41, 5.74) is 14.0. The van der Waals surface area contributed by atoms with Gasteiger partial charge < -0.3 is 18.3 Å². The first-order valence-electron chi connectivity index (χ1n) is 23.8. The van der Waals surface area contributed by atoms with Crippen molar-refractivity contribution >= 4 is 87.2 Å². The van der Waals surface area contributed by atoms with Crippen molar-refractivity contribution in [1.29, 1.82) is 5.26 Å². The van der Waals surface area contributed by atoms with E-state index in [2.05, 4.69) is 186 Å². The van der Waals surface area contributed by atoms with Crippen molar-refractivity contribution in [2.24, 2.45) is 0 Å². The van der Waals surface area contributed by atoms with E-state index < -0.39 is 0 Å². The molecule has 9 heterocycles. The largest absolute Gasteiger partial charge is 0.307 e. The summed E-state index contributed by atoms with van der Waals surface area (Å²) >= 11 is 0. The molecule has 0 aliphatic carbocycles. The number of para-hydroxylation sites is 4. The van der Waals surface area contributed by atoms with Crippen LogP contribution >= 0.6 is 0 Å². The second-order valence-electron chi connectivity index (χ2n) is 18.0. The van der Waals surface area contributed by atoms with Crippen molar-refractivity contribution in [2.45, 2.75) is 0 Å². The maximum absolute atomic E-state index is 12.6. The molecule has 0 amide bonds. The summed E-state index contributed by atoms with van der Waals surface area (Å²) < 4.78 is 9.30. The van der Waals surface area contributed by atoms with E-state index in [0.29, 0.717) is 22.6 Å². The van der Waals surface area contributed by atoms with Gasteiger partial charge in [-0.2, -0.15) is 5.26 Å². The monoisotopic (exact) mass is 920 g/mol. The fourth-order valence-corrected chi connectivity index (χ4v) is 11.5. The highest BCUT2D eigenvalue weighted by Crippen LogP contribution is 2.51. The molecular weight excluding hydrogens is 885 g/mol. The van der Waals surface area contributed by atoms with E-state index in [9.17, 15) is 5.26 Å². The summed E-state index contributed by atoms with van der Waals surface area (Å²) in [6.07, 6.45) is 15.2. The van der Waals surface area contributed by atoms with Gasteiger partial charge in [-0.3, -0.25) is 19.9 Å². The molecule has 0 fully saturated rings. The molecule has 6 aromatic carbocycles. The van der Waals surface area contributed by atoms with Crippen LogP contribution < -0.4 is 0 Å². The molecule has 0 N–H and O–H groups in total. The summed E-state index contributed by atoms with van der Waals surface area (Å²) in [7, 11) is 0.